The van der Waals surface area contributed by atoms with Crippen molar-refractivity contribution in [2.75, 3.05) is 11.4 Å². The van der Waals surface area contributed by atoms with E-state index in [0.29, 0.717) is 6.04 Å². The molecule has 196 valence electrons. The Morgan fingerprint density at radius 1 is 0.588 bits per heavy atom. The molecule has 2 rings (SSSR count). The topological polar surface area (TPSA) is 3.24 Å². The van der Waals surface area contributed by atoms with Crippen molar-refractivity contribution < 1.29 is 0 Å². The van der Waals surface area contributed by atoms with Crippen molar-refractivity contribution in [2.24, 2.45) is 0 Å². The fraction of sp³-hybridized carbons (Fsp3) is 0.818. The molecule has 0 amide bonds. The monoisotopic (exact) mass is 469 g/mol. The highest BCUT2D eigenvalue weighted by Crippen LogP contribution is 2.44. The van der Waals surface area contributed by atoms with Crippen molar-refractivity contribution in [1.82, 2.24) is 0 Å². The summed E-state index contributed by atoms with van der Waals surface area (Å²) in [7, 11) is 0. The van der Waals surface area contributed by atoms with Crippen molar-refractivity contribution in [1.29, 1.82) is 0 Å². The third kappa shape index (κ3) is 10.3. The molecule has 0 spiro atoms. The summed E-state index contributed by atoms with van der Waals surface area (Å²) in [6.07, 6.45) is 29.0. The highest BCUT2D eigenvalue weighted by molar-refractivity contribution is 5.63. The third-order valence-electron chi connectivity index (χ3n) is 8.67. The van der Waals surface area contributed by atoms with Crippen LogP contribution in [0, 0.1) is 0 Å². The third-order valence-corrected chi connectivity index (χ3v) is 8.67. The van der Waals surface area contributed by atoms with Crippen LogP contribution in [0.1, 0.15) is 162 Å². The lowest BCUT2D eigenvalue weighted by molar-refractivity contribution is 0.436. The maximum atomic E-state index is 2.67. The number of hydrogen-bond acceptors (Lipinski definition) is 1. The molecule has 0 saturated carbocycles. The number of unbranched alkanes of at least 4 members (excludes halogenated alkanes) is 19. The molecule has 0 N–H and O–H groups in total. The zero-order valence-electron chi connectivity index (χ0n) is 23.7. The van der Waals surface area contributed by atoms with Gasteiger partial charge in [0.1, 0.15) is 0 Å². The molecule has 0 aliphatic carbocycles. The Morgan fingerprint density at radius 2 is 0.971 bits per heavy atom. The molecule has 1 aromatic rings. The van der Waals surface area contributed by atoms with E-state index in [-0.39, 0.29) is 5.41 Å². The highest BCUT2D eigenvalue weighted by Gasteiger charge is 2.40. The first kappa shape index (κ1) is 29.3. The number of rotatable bonds is 21. The summed E-state index contributed by atoms with van der Waals surface area (Å²) in [6.45, 7) is 10.8. The van der Waals surface area contributed by atoms with Gasteiger partial charge in [0.25, 0.3) is 0 Å². The van der Waals surface area contributed by atoms with Crippen LogP contribution in [-0.4, -0.2) is 12.6 Å². The Labute approximate surface area is 214 Å². The second kappa shape index (κ2) is 17.4. The van der Waals surface area contributed by atoms with Gasteiger partial charge >= 0.3 is 0 Å². The van der Waals surface area contributed by atoms with E-state index in [1.54, 1.807) is 0 Å². The Hall–Kier alpha value is -0.980. The molecule has 0 saturated heterocycles. The first-order valence-corrected chi connectivity index (χ1v) is 15.4. The summed E-state index contributed by atoms with van der Waals surface area (Å²) in [4.78, 5) is 2.67. The second-order valence-electron chi connectivity index (χ2n) is 11.8. The van der Waals surface area contributed by atoms with Gasteiger partial charge in [-0.25, -0.2) is 0 Å². The average molecular weight is 470 g/mol. The van der Waals surface area contributed by atoms with Gasteiger partial charge in [0.05, 0.1) is 0 Å². The van der Waals surface area contributed by atoms with Crippen LogP contribution in [0.4, 0.5) is 5.69 Å². The van der Waals surface area contributed by atoms with E-state index in [4.69, 9.17) is 0 Å². The minimum absolute atomic E-state index is 0.268. The maximum absolute atomic E-state index is 2.67. The molecule has 1 aromatic carbocycles. The van der Waals surface area contributed by atoms with Crippen molar-refractivity contribution >= 4 is 5.69 Å². The first-order valence-electron chi connectivity index (χ1n) is 15.4. The molecule has 1 heteroatoms. The summed E-state index contributed by atoms with van der Waals surface area (Å²) in [5, 5.41) is 0. The fourth-order valence-electron chi connectivity index (χ4n) is 5.94. The van der Waals surface area contributed by atoms with Gasteiger partial charge in [0.15, 0.2) is 0 Å². The highest BCUT2D eigenvalue weighted by atomic mass is 15.2. The predicted molar refractivity (Wildman–Crippen MR) is 154 cm³/mol. The SMILES string of the molecule is CCCCCCCCCCCCCCCCCCCCCCN1c2ccccc2C(C)(C)C1C. The Kier molecular flexibility index (Phi) is 15.0. The largest absolute Gasteiger partial charge is 0.368 e. The van der Waals surface area contributed by atoms with Gasteiger partial charge in [-0.3, -0.25) is 0 Å². The van der Waals surface area contributed by atoms with Gasteiger partial charge in [-0.2, -0.15) is 0 Å². The van der Waals surface area contributed by atoms with E-state index in [1.165, 1.54) is 146 Å². The minimum Gasteiger partial charge on any atom is -0.368 e. The lowest BCUT2D eigenvalue weighted by atomic mass is 9.81. The number of fused-ring (bicyclic) bond motifs is 1. The quantitative estimate of drug-likeness (QED) is 0.162. The molecule has 34 heavy (non-hydrogen) atoms. The van der Waals surface area contributed by atoms with E-state index in [0.717, 1.165) is 0 Å². The zero-order chi connectivity index (χ0) is 24.5. The maximum Gasteiger partial charge on any atom is 0.0407 e. The van der Waals surface area contributed by atoms with Crippen LogP contribution in [0.2, 0.25) is 0 Å². The van der Waals surface area contributed by atoms with Gasteiger partial charge in [-0.1, -0.05) is 161 Å². The molecule has 0 radical (unpaired) electrons. The summed E-state index contributed by atoms with van der Waals surface area (Å²) >= 11 is 0. The number of hydrogen-bond donors (Lipinski definition) is 0. The van der Waals surface area contributed by atoms with Crippen LogP contribution in [0.25, 0.3) is 0 Å². The summed E-state index contributed by atoms with van der Waals surface area (Å²) in [6, 6.07) is 9.68. The molecule has 1 unspecified atom stereocenters. The fourth-order valence-corrected chi connectivity index (χ4v) is 5.94. The summed E-state index contributed by atoms with van der Waals surface area (Å²) in [5.41, 5.74) is 3.29. The summed E-state index contributed by atoms with van der Waals surface area (Å²) in [5.74, 6) is 0. The van der Waals surface area contributed by atoms with E-state index < -0.39 is 0 Å². The smallest absolute Gasteiger partial charge is 0.0407 e. The second-order valence-corrected chi connectivity index (χ2v) is 11.8. The first-order chi connectivity index (χ1) is 16.6. The van der Waals surface area contributed by atoms with E-state index in [9.17, 15) is 0 Å². The van der Waals surface area contributed by atoms with Crippen LogP contribution in [0.15, 0.2) is 24.3 Å². The van der Waals surface area contributed by atoms with E-state index >= 15 is 0 Å². The molecular formula is C33H59N. The van der Waals surface area contributed by atoms with Crippen LogP contribution in [0.3, 0.4) is 0 Å². The van der Waals surface area contributed by atoms with Crippen molar-refractivity contribution in [2.45, 2.75) is 168 Å². The molecule has 1 nitrogen and oxygen atoms in total. The minimum atomic E-state index is 0.268. The van der Waals surface area contributed by atoms with Crippen LogP contribution < -0.4 is 4.90 Å². The molecular weight excluding hydrogens is 410 g/mol. The Morgan fingerprint density at radius 3 is 1.41 bits per heavy atom. The van der Waals surface area contributed by atoms with E-state index in [1.807, 2.05) is 0 Å². The van der Waals surface area contributed by atoms with Gasteiger partial charge in [0, 0.05) is 23.7 Å². The number of nitrogens with zero attached hydrogens (tertiary/aromatic N) is 1. The molecule has 1 aliphatic heterocycles. The molecule has 1 aliphatic rings. The molecule has 1 atom stereocenters. The van der Waals surface area contributed by atoms with E-state index in [2.05, 4.69) is 56.9 Å². The van der Waals surface area contributed by atoms with Gasteiger partial charge < -0.3 is 4.90 Å². The molecule has 0 bridgehead atoms. The van der Waals surface area contributed by atoms with Crippen LogP contribution in [-0.2, 0) is 5.41 Å². The van der Waals surface area contributed by atoms with Crippen LogP contribution >= 0.6 is 0 Å². The number of anilines is 1. The number of para-hydroxylation sites is 1. The number of benzene rings is 1. The lowest BCUT2D eigenvalue weighted by Crippen LogP contribution is -2.39. The van der Waals surface area contributed by atoms with Gasteiger partial charge in [-0.15, -0.1) is 0 Å². The standard InChI is InChI=1S/C33H59N/c1-5-6-7-8-9-10-11-12-13-14-15-16-17-18-19-20-21-22-23-26-29-34-30(2)33(3,4)31-27-24-25-28-32(31)34/h24-25,27-28,30H,5-23,26,29H2,1-4H3. The molecule has 0 fully saturated rings. The van der Waals surface area contributed by atoms with Crippen molar-refractivity contribution in [3.8, 4) is 0 Å². The summed E-state index contributed by atoms with van der Waals surface area (Å²) < 4.78 is 0. The van der Waals surface area contributed by atoms with Gasteiger partial charge in [-0.05, 0) is 25.0 Å². The molecule has 1 heterocycles. The molecule has 0 aromatic heterocycles. The van der Waals surface area contributed by atoms with Gasteiger partial charge in [0.2, 0.25) is 0 Å². The zero-order valence-corrected chi connectivity index (χ0v) is 23.7. The average Bonchev–Trinajstić information content (AvgIpc) is 3.03. The van der Waals surface area contributed by atoms with Crippen LogP contribution in [0.5, 0.6) is 0 Å². The Bertz CT molecular complexity index is 619. The predicted octanol–water partition coefficient (Wildman–Crippen LogP) is 11.0. The normalized spacial score (nSPS) is 16.8. The lowest BCUT2D eigenvalue weighted by Gasteiger charge is -2.31. The Balaban J connectivity index is 1.34. The van der Waals surface area contributed by atoms with Crippen molar-refractivity contribution in [3.05, 3.63) is 29.8 Å². The van der Waals surface area contributed by atoms with Crippen molar-refractivity contribution in [3.63, 3.8) is 0 Å².